The van der Waals surface area contributed by atoms with E-state index in [9.17, 15) is 0 Å². The fraction of sp³-hybridized carbons (Fsp3) is 0.0600. The number of allylic oxidation sites excluding steroid dienone is 2. The molecule has 3 unspecified atom stereocenters. The van der Waals surface area contributed by atoms with Crippen LogP contribution in [0.5, 0.6) is 5.75 Å². The largest absolute Gasteiger partial charge is 0.485 e. The molecule has 8 aromatic rings. The van der Waals surface area contributed by atoms with E-state index in [-0.39, 0.29) is 18.1 Å². The molecule has 2 aliphatic heterocycles. The van der Waals surface area contributed by atoms with Gasteiger partial charge in [0.05, 0.1) is 33.8 Å². The van der Waals surface area contributed by atoms with Gasteiger partial charge in [-0.1, -0.05) is 121 Å². The highest BCUT2D eigenvalue weighted by atomic mass is 16.5. The molecular weight excluding hydrogens is 683 g/mol. The number of hydrogen-bond donors (Lipinski definition) is 1. The maximum Gasteiger partial charge on any atom is 0.134 e. The van der Waals surface area contributed by atoms with Crippen LogP contribution in [0.4, 0.5) is 0 Å². The fourth-order valence-corrected chi connectivity index (χ4v) is 8.83. The van der Waals surface area contributed by atoms with Gasteiger partial charge in [-0.05, 0) is 59.7 Å². The Hall–Kier alpha value is -7.05. The second kappa shape index (κ2) is 13.1. The normalized spacial score (nSPS) is 19.0. The molecule has 0 saturated heterocycles. The Kier molecular flexibility index (Phi) is 7.56. The number of ether oxygens (including phenoxy) is 1. The number of para-hydroxylation sites is 2. The minimum absolute atomic E-state index is 0.00641. The summed E-state index contributed by atoms with van der Waals surface area (Å²) in [5.41, 5.74) is 11.3. The number of fused-ring (bicyclic) bond motifs is 9. The molecule has 3 atom stereocenters. The van der Waals surface area contributed by atoms with Crippen LogP contribution in [-0.2, 0) is 0 Å². The lowest BCUT2D eigenvalue weighted by Gasteiger charge is -2.27. The van der Waals surface area contributed by atoms with Crippen molar-refractivity contribution in [2.24, 2.45) is 4.99 Å². The van der Waals surface area contributed by atoms with Crippen molar-refractivity contribution >= 4 is 69.2 Å². The topological polar surface area (TPSA) is 43.5 Å². The van der Waals surface area contributed by atoms with Gasteiger partial charge < -0.3 is 19.2 Å². The molecule has 6 aromatic carbocycles. The van der Waals surface area contributed by atoms with Crippen molar-refractivity contribution in [1.29, 1.82) is 0 Å². The van der Waals surface area contributed by atoms with E-state index in [0.29, 0.717) is 0 Å². The zero-order valence-corrected chi connectivity index (χ0v) is 30.9. The molecule has 3 aliphatic rings. The minimum Gasteiger partial charge on any atom is -0.485 e. The fourth-order valence-electron chi connectivity index (χ4n) is 8.83. The molecule has 0 saturated carbocycles. The molecule has 5 nitrogen and oxygen atoms in total. The van der Waals surface area contributed by atoms with Crippen molar-refractivity contribution in [3.63, 3.8) is 0 Å². The zero-order chi connectivity index (χ0) is 37.2. The van der Waals surface area contributed by atoms with E-state index in [2.05, 4.69) is 197 Å². The van der Waals surface area contributed by atoms with Crippen LogP contribution in [-0.4, -0.2) is 28.9 Å². The van der Waals surface area contributed by atoms with E-state index in [1.807, 2.05) is 13.9 Å². The van der Waals surface area contributed by atoms with Crippen molar-refractivity contribution in [2.45, 2.75) is 18.1 Å². The zero-order valence-electron chi connectivity index (χ0n) is 30.9. The monoisotopic (exact) mass is 720 g/mol. The summed E-state index contributed by atoms with van der Waals surface area (Å²) < 4.78 is 11.5. The predicted molar refractivity (Wildman–Crippen MR) is 235 cm³/mol. The summed E-state index contributed by atoms with van der Waals surface area (Å²) in [6.45, 7) is 0. The van der Waals surface area contributed by atoms with Crippen LogP contribution >= 0.6 is 0 Å². The number of amidine groups is 1. The third-order valence-corrected chi connectivity index (χ3v) is 11.5. The molecule has 0 fully saturated rings. The standard InChI is InChI=1S/C50H37BN4O/c51-25-11-12-26-54-44-19-9-7-17-36(44)40-29-41-37-18-8-10-20-45(37)55(47(41)31-46(40)54)35-22-24-39-38-23-21-34(27-48(38)56-49(39)28-35)50-52-42(32-13-3-1-4-14-32)30-43(53-50)33-15-5-2-6-16-33/h1-31,38,42,48H,51H2,(H,52,53)/b25-11-,26-12-. The molecule has 0 radical (unpaired) electrons. The maximum atomic E-state index is 6.84. The third-order valence-electron chi connectivity index (χ3n) is 11.5. The van der Waals surface area contributed by atoms with E-state index in [4.69, 9.17) is 9.73 Å². The highest BCUT2D eigenvalue weighted by molar-refractivity contribution is 6.19. The van der Waals surface area contributed by atoms with Crippen LogP contribution in [0.3, 0.4) is 0 Å². The molecule has 0 spiro atoms. The highest BCUT2D eigenvalue weighted by Gasteiger charge is 2.35. The van der Waals surface area contributed by atoms with Crippen LogP contribution in [0.2, 0.25) is 0 Å². The number of aromatic nitrogens is 2. The summed E-state index contributed by atoms with van der Waals surface area (Å²) in [6.07, 6.45) is 15.2. The van der Waals surface area contributed by atoms with Gasteiger partial charge in [0.15, 0.2) is 0 Å². The second-order valence-electron chi connectivity index (χ2n) is 14.7. The molecule has 1 N–H and O–H groups in total. The van der Waals surface area contributed by atoms with Gasteiger partial charge in [0.25, 0.3) is 0 Å². The highest BCUT2D eigenvalue weighted by Crippen LogP contribution is 2.45. The third kappa shape index (κ3) is 5.21. The van der Waals surface area contributed by atoms with Gasteiger partial charge in [-0.2, -0.15) is 0 Å². The van der Waals surface area contributed by atoms with E-state index < -0.39 is 0 Å². The first kappa shape index (κ1) is 32.4. The average Bonchev–Trinajstić information content (AvgIpc) is 3.90. The molecule has 266 valence electrons. The molecule has 11 rings (SSSR count). The molecule has 0 bridgehead atoms. The SMILES string of the molecule is B/C=C\C=C/n1c2ccccc2c2cc3c4ccccc4n(-c4ccc5c(c4)OC4C=C(C6=NC(c7ccccc7)=CC(c7ccccc7)N6)C=CC54)c3cc21. The van der Waals surface area contributed by atoms with Gasteiger partial charge in [0.1, 0.15) is 25.5 Å². The summed E-state index contributed by atoms with van der Waals surface area (Å²) in [5, 5.41) is 8.69. The summed E-state index contributed by atoms with van der Waals surface area (Å²) in [6, 6.07) is 49.9. The predicted octanol–water partition coefficient (Wildman–Crippen LogP) is 10.6. The van der Waals surface area contributed by atoms with Gasteiger partial charge in [-0.3, -0.25) is 0 Å². The van der Waals surface area contributed by atoms with E-state index in [1.165, 1.54) is 49.2 Å². The lowest BCUT2D eigenvalue weighted by Crippen LogP contribution is -2.33. The number of aliphatic imine (C=N–C) groups is 1. The second-order valence-corrected chi connectivity index (χ2v) is 14.7. The lowest BCUT2D eigenvalue weighted by atomic mass is 9.88. The quantitative estimate of drug-likeness (QED) is 0.137. The number of nitrogens with zero attached hydrogens (tertiary/aromatic N) is 3. The van der Waals surface area contributed by atoms with Crippen molar-refractivity contribution in [3.8, 4) is 11.4 Å². The Morgan fingerprint density at radius 2 is 1.39 bits per heavy atom. The maximum absolute atomic E-state index is 6.84. The molecule has 4 heterocycles. The van der Waals surface area contributed by atoms with Crippen molar-refractivity contribution < 1.29 is 4.74 Å². The lowest BCUT2D eigenvalue weighted by molar-refractivity contribution is 0.268. The Morgan fingerprint density at radius 3 is 2.21 bits per heavy atom. The Morgan fingerprint density at radius 1 is 0.661 bits per heavy atom. The summed E-state index contributed by atoms with van der Waals surface area (Å²) in [4.78, 5) is 5.16. The molecule has 6 heteroatoms. The number of hydrogen-bond acceptors (Lipinski definition) is 3. The van der Waals surface area contributed by atoms with Gasteiger partial charge in [-0.25, -0.2) is 4.99 Å². The van der Waals surface area contributed by atoms with E-state index >= 15 is 0 Å². The average molecular weight is 721 g/mol. The van der Waals surface area contributed by atoms with E-state index in [1.54, 1.807) is 0 Å². The van der Waals surface area contributed by atoms with Gasteiger partial charge in [0, 0.05) is 56.6 Å². The first-order valence-electron chi connectivity index (χ1n) is 19.4. The van der Waals surface area contributed by atoms with E-state index in [0.717, 1.165) is 39.6 Å². The van der Waals surface area contributed by atoms with Gasteiger partial charge >= 0.3 is 0 Å². The van der Waals surface area contributed by atoms with Crippen LogP contribution in [0, 0.1) is 0 Å². The van der Waals surface area contributed by atoms with Crippen LogP contribution < -0.4 is 10.1 Å². The van der Waals surface area contributed by atoms with Crippen molar-refractivity contribution in [3.05, 3.63) is 204 Å². The van der Waals surface area contributed by atoms with Gasteiger partial charge in [0.2, 0.25) is 0 Å². The Balaban J connectivity index is 0.986. The Bertz CT molecular complexity index is 3050. The molecule has 1 aliphatic carbocycles. The van der Waals surface area contributed by atoms with Crippen molar-refractivity contribution in [1.82, 2.24) is 14.5 Å². The number of nitrogens with one attached hydrogen (secondary N) is 1. The smallest absolute Gasteiger partial charge is 0.134 e. The number of rotatable bonds is 6. The molecule has 56 heavy (non-hydrogen) atoms. The van der Waals surface area contributed by atoms with Crippen molar-refractivity contribution in [2.75, 3.05) is 0 Å². The summed E-state index contributed by atoms with van der Waals surface area (Å²) in [5.74, 6) is 3.95. The van der Waals surface area contributed by atoms with Crippen LogP contribution in [0.15, 0.2) is 193 Å². The Labute approximate surface area is 326 Å². The van der Waals surface area contributed by atoms with Gasteiger partial charge in [-0.15, -0.1) is 5.98 Å². The summed E-state index contributed by atoms with van der Waals surface area (Å²) in [7, 11) is 2.04. The minimum atomic E-state index is -0.136. The summed E-state index contributed by atoms with van der Waals surface area (Å²) >= 11 is 0. The molecule has 2 aromatic heterocycles. The first-order chi connectivity index (χ1) is 27.7. The molecular formula is C50H37BN4O. The number of benzene rings is 6. The molecule has 0 amide bonds. The van der Waals surface area contributed by atoms with Crippen LogP contribution in [0.25, 0.3) is 61.2 Å². The first-order valence-corrected chi connectivity index (χ1v) is 19.4. The van der Waals surface area contributed by atoms with Crippen LogP contribution in [0.1, 0.15) is 28.7 Å².